The van der Waals surface area contributed by atoms with Crippen LogP contribution in [0.4, 0.5) is 0 Å². The van der Waals surface area contributed by atoms with Crippen molar-refractivity contribution in [1.29, 1.82) is 0 Å². The molecule has 1 aliphatic carbocycles. The lowest BCUT2D eigenvalue weighted by Gasteiger charge is -2.26. The third-order valence-electron chi connectivity index (χ3n) is 4.83. The summed E-state index contributed by atoms with van der Waals surface area (Å²) in [6.07, 6.45) is 0. The minimum Gasteiger partial charge on any atom is -0.508 e. The third kappa shape index (κ3) is 1.41. The largest absolute Gasteiger partial charge is 0.508 e. The molecule has 0 fully saturated rings. The number of fused-ring (bicyclic) bond motifs is 7. The zero-order valence-corrected chi connectivity index (χ0v) is 12.5. The van der Waals surface area contributed by atoms with Gasteiger partial charge in [-0.05, 0) is 41.5 Å². The molecule has 3 aromatic carbocycles. The summed E-state index contributed by atoms with van der Waals surface area (Å²) in [7, 11) is 0. The summed E-state index contributed by atoms with van der Waals surface area (Å²) in [5, 5.41) is 19.8. The van der Waals surface area contributed by atoms with E-state index >= 15 is 0 Å². The molecule has 0 saturated heterocycles. The Balaban J connectivity index is 1.94. The quantitative estimate of drug-likeness (QED) is 0.623. The van der Waals surface area contributed by atoms with Crippen LogP contribution in [0.2, 0.25) is 0 Å². The Morgan fingerprint density at radius 1 is 0.708 bits per heavy atom. The van der Waals surface area contributed by atoms with Crippen molar-refractivity contribution in [2.75, 3.05) is 0 Å². The maximum absolute atomic E-state index is 12.5. The van der Waals surface area contributed by atoms with Crippen molar-refractivity contribution >= 4 is 5.97 Å². The molecule has 5 rings (SSSR count). The second kappa shape index (κ2) is 4.17. The zero-order chi connectivity index (χ0) is 16.5. The van der Waals surface area contributed by atoms with E-state index in [0.717, 1.165) is 27.8 Å². The Kier molecular flexibility index (Phi) is 2.29. The van der Waals surface area contributed by atoms with Gasteiger partial charge in [0.1, 0.15) is 11.5 Å². The Hall–Kier alpha value is -3.27. The first-order valence-electron chi connectivity index (χ1n) is 7.61. The van der Waals surface area contributed by atoms with Gasteiger partial charge in [0.15, 0.2) is 5.60 Å². The lowest BCUT2D eigenvalue weighted by Crippen LogP contribution is -2.26. The summed E-state index contributed by atoms with van der Waals surface area (Å²) in [6.45, 7) is 0. The second-order valence-corrected chi connectivity index (χ2v) is 6.08. The Bertz CT molecular complexity index is 984. The van der Waals surface area contributed by atoms with Gasteiger partial charge in [-0.1, -0.05) is 30.3 Å². The number of carbonyl (C=O) groups excluding carboxylic acids is 1. The van der Waals surface area contributed by atoms with Gasteiger partial charge in [-0.15, -0.1) is 0 Å². The first kappa shape index (κ1) is 13.2. The number of phenolic OH excluding ortho intramolecular Hbond substituents is 2. The van der Waals surface area contributed by atoms with Gasteiger partial charge in [-0.3, -0.25) is 0 Å². The molecule has 0 saturated carbocycles. The van der Waals surface area contributed by atoms with E-state index in [-0.39, 0.29) is 17.5 Å². The van der Waals surface area contributed by atoms with Crippen LogP contribution in [-0.4, -0.2) is 16.2 Å². The molecular weight excluding hydrogens is 304 g/mol. The molecule has 4 nitrogen and oxygen atoms in total. The monoisotopic (exact) mass is 316 g/mol. The van der Waals surface area contributed by atoms with Crippen molar-refractivity contribution < 1.29 is 19.7 Å². The summed E-state index contributed by atoms with van der Waals surface area (Å²) in [4.78, 5) is 12.5. The van der Waals surface area contributed by atoms with Crippen molar-refractivity contribution in [3.8, 4) is 22.6 Å². The second-order valence-electron chi connectivity index (χ2n) is 6.08. The summed E-state index contributed by atoms with van der Waals surface area (Å²) in [5.41, 5.74) is 3.39. The van der Waals surface area contributed by atoms with Crippen molar-refractivity contribution in [2.24, 2.45) is 0 Å². The summed E-state index contributed by atoms with van der Waals surface area (Å²) in [5.74, 6) is -0.124. The predicted molar refractivity (Wildman–Crippen MR) is 86.9 cm³/mol. The summed E-state index contributed by atoms with van der Waals surface area (Å²) < 4.78 is 5.91. The molecule has 3 aromatic rings. The van der Waals surface area contributed by atoms with Gasteiger partial charge in [-0.25, -0.2) is 4.79 Å². The van der Waals surface area contributed by atoms with Crippen LogP contribution in [0.5, 0.6) is 11.5 Å². The molecular formula is C20H12O4. The molecule has 1 spiro atoms. The standard InChI is InChI=1S/C20H12O4/c21-11-5-7-17-14(9-11)15-10-12(22)6-8-18(15)20(17)16-4-2-1-3-13(16)19(23)24-20/h1-10,21-22H. The number of hydrogen-bond acceptors (Lipinski definition) is 4. The van der Waals surface area contributed by atoms with Crippen LogP contribution < -0.4 is 0 Å². The van der Waals surface area contributed by atoms with E-state index in [1.54, 1.807) is 42.5 Å². The topological polar surface area (TPSA) is 66.8 Å². The number of carbonyl (C=O) groups is 1. The van der Waals surface area contributed by atoms with Gasteiger partial charge in [0.05, 0.1) is 5.56 Å². The van der Waals surface area contributed by atoms with Gasteiger partial charge >= 0.3 is 5.97 Å². The fourth-order valence-corrected chi connectivity index (χ4v) is 3.89. The van der Waals surface area contributed by atoms with Gasteiger partial charge < -0.3 is 14.9 Å². The maximum atomic E-state index is 12.5. The molecule has 0 aromatic heterocycles. The van der Waals surface area contributed by atoms with Crippen LogP contribution in [0.15, 0.2) is 60.7 Å². The van der Waals surface area contributed by atoms with Crippen molar-refractivity contribution in [2.45, 2.75) is 5.60 Å². The van der Waals surface area contributed by atoms with Crippen molar-refractivity contribution in [3.63, 3.8) is 0 Å². The van der Waals surface area contributed by atoms with E-state index in [1.165, 1.54) is 0 Å². The highest BCUT2D eigenvalue weighted by atomic mass is 16.6. The average molecular weight is 316 g/mol. The Morgan fingerprint density at radius 3 is 1.88 bits per heavy atom. The first-order chi connectivity index (χ1) is 11.6. The molecule has 1 aliphatic heterocycles. The predicted octanol–water partition coefficient (Wildman–Crippen LogP) is 3.54. The molecule has 0 unspecified atom stereocenters. The van der Waals surface area contributed by atoms with Crippen LogP contribution >= 0.6 is 0 Å². The van der Waals surface area contributed by atoms with Crippen molar-refractivity contribution in [3.05, 3.63) is 82.9 Å². The molecule has 0 amide bonds. The van der Waals surface area contributed by atoms with E-state index in [4.69, 9.17) is 4.74 Å². The van der Waals surface area contributed by atoms with E-state index in [9.17, 15) is 15.0 Å². The fraction of sp³-hybridized carbons (Fsp3) is 0.0500. The van der Waals surface area contributed by atoms with Crippen LogP contribution in [0.3, 0.4) is 0 Å². The van der Waals surface area contributed by atoms with E-state index in [0.29, 0.717) is 5.56 Å². The highest BCUT2D eigenvalue weighted by Gasteiger charge is 2.54. The van der Waals surface area contributed by atoms with E-state index < -0.39 is 5.60 Å². The molecule has 0 atom stereocenters. The van der Waals surface area contributed by atoms with Gasteiger partial charge in [0.25, 0.3) is 0 Å². The zero-order valence-electron chi connectivity index (χ0n) is 12.5. The number of benzene rings is 3. The maximum Gasteiger partial charge on any atom is 0.340 e. The first-order valence-corrected chi connectivity index (χ1v) is 7.61. The van der Waals surface area contributed by atoms with Crippen LogP contribution in [0, 0.1) is 0 Å². The van der Waals surface area contributed by atoms with E-state index in [1.807, 2.05) is 18.2 Å². The van der Waals surface area contributed by atoms with E-state index in [2.05, 4.69) is 0 Å². The molecule has 0 radical (unpaired) electrons. The Morgan fingerprint density at radius 2 is 1.25 bits per heavy atom. The van der Waals surface area contributed by atoms with Gasteiger partial charge in [0, 0.05) is 16.7 Å². The number of phenols is 2. The Labute approximate surface area is 137 Å². The third-order valence-corrected chi connectivity index (χ3v) is 4.83. The van der Waals surface area contributed by atoms with Crippen LogP contribution in [0.25, 0.3) is 11.1 Å². The summed E-state index contributed by atoms with van der Waals surface area (Å²) in [6, 6.07) is 17.3. The number of aromatic hydroxyl groups is 2. The lowest BCUT2D eigenvalue weighted by molar-refractivity contribution is 0.0264. The number of rotatable bonds is 0. The highest BCUT2D eigenvalue weighted by molar-refractivity contribution is 5.99. The van der Waals surface area contributed by atoms with Crippen LogP contribution in [0.1, 0.15) is 27.0 Å². The molecule has 2 N–H and O–H groups in total. The number of hydrogen-bond donors (Lipinski definition) is 2. The van der Waals surface area contributed by atoms with Gasteiger partial charge in [0.2, 0.25) is 0 Å². The molecule has 24 heavy (non-hydrogen) atoms. The minimum atomic E-state index is -1.03. The molecule has 116 valence electrons. The normalized spacial score (nSPS) is 15.8. The van der Waals surface area contributed by atoms with Gasteiger partial charge in [-0.2, -0.15) is 0 Å². The number of esters is 1. The average Bonchev–Trinajstić information content (AvgIpc) is 3.02. The molecule has 4 heteroatoms. The highest BCUT2D eigenvalue weighted by Crippen LogP contribution is 2.57. The summed E-state index contributed by atoms with van der Waals surface area (Å²) >= 11 is 0. The van der Waals surface area contributed by atoms with Crippen molar-refractivity contribution in [1.82, 2.24) is 0 Å². The fourth-order valence-electron chi connectivity index (χ4n) is 3.89. The molecule has 2 aliphatic rings. The molecule has 1 heterocycles. The van der Waals surface area contributed by atoms with Crippen LogP contribution in [-0.2, 0) is 10.3 Å². The molecule has 0 bridgehead atoms. The lowest BCUT2D eigenvalue weighted by atomic mass is 9.83. The SMILES string of the molecule is O=C1OC2(c3ccccc31)c1ccc(O)cc1-c1cc(O)ccc12. The number of ether oxygens (including phenoxy) is 1. The smallest absolute Gasteiger partial charge is 0.340 e. The minimum absolute atomic E-state index is 0.123.